The van der Waals surface area contributed by atoms with Crippen molar-refractivity contribution in [3.63, 3.8) is 0 Å². The molecular formula is C12H14N4O4. The molecule has 2 aromatic heterocycles. The lowest BCUT2D eigenvalue weighted by Crippen LogP contribution is -2.37. The van der Waals surface area contributed by atoms with E-state index in [4.69, 9.17) is 9.47 Å². The van der Waals surface area contributed by atoms with Gasteiger partial charge in [0.2, 0.25) is 0 Å². The van der Waals surface area contributed by atoms with E-state index in [0.717, 1.165) is 4.57 Å². The number of imidazole rings is 1. The zero-order valence-electron chi connectivity index (χ0n) is 11.2. The number of rotatable bonds is 3. The maximum Gasteiger partial charge on any atom is 0.332 e. The molecule has 8 nitrogen and oxygen atoms in total. The Kier molecular flexibility index (Phi) is 2.66. The van der Waals surface area contributed by atoms with Crippen LogP contribution in [0.15, 0.2) is 22.4 Å². The topological polar surface area (TPSA) is 80.3 Å². The molecular weight excluding hydrogens is 264 g/mol. The second-order valence-corrected chi connectivity index (χ2v) is 4.62. The Hall–Kier alpha value is -2.51. The molecule has 1 unspecified atom stereocenters. The first-order valence-corrected chi connectivity index (χ1v) is 6.10. The van der Waals surface area contributed by atoms with Gasteiger partial charge in [-0.05, 0) is 0 Å². The Morgan fingerprint density at radius 3 is 2.90 bits per heavy atom. The lowest BCUT2D eigenvalue weighted by molar-refractivity contribution is 0.116. The lowest BCUT2D eigenvalue weighted by atomic mass is 10.4. The lowest BCUT2D eigenvalue weighted by Gasteiger charge is -2.09. The molecule has 106 valence electrons. The van der Waals surface area contributed by atoms with Crippen LogP contribution < -0.4 is 16.0 Å². The van der Waals surface area contributed by atoms with Gasteiger partial charge in [0.15, 0.2) is 17.3 Å². The third kappa shape index (κ3) is 1.57. The first-order valence-electron chi connectivity index (χ1n) is 6.10. The molecule has 0 bridgehead atoms. The second kappa shape index (κ2) is 4.26. The molecule has 0 radical (unpaired) electrons. The van der Waals surface area contributed by atoms with Gasteiger partial charge in [0, 0.05) is 14.1 Å². The van der Waals surface area contributed by atoms with Crippen LogP contribution in [0.4, 0.5) is 0 Å². The van der Waals surface area contributed by atoms with Crippen LogP contribution in [0.3, 0.4) is 0 Å². The Labute approximate surface area is 113 Å². The second-order valence-electron chi connectivity index (χ2n) is 4.62. The van der Waals surface area contributed by atoms with Crippen molar-refractivity contribution in [2.75, 3.05) is 6.61 Å². The van der Waals surface area contributed by atoms with Gasteiger partial charge in [-0.15, -0.1) is 0 Å². The van der Waals surface area contributed by atoms with Gasteiger partial charge in [-0.25, -0.2) is 4.79 Å². The minimum Gasteiger partial charge on any atom is -0.498 e. The Bertz CT molecular complexity index is 813. The van der Waals surface area contributed by atoms with Crippen LogP contribution in [0.5, 0.6) is 6.01 Å². The van der Waals surface area contributed by atoms with Crippen molar-refractivity contribution in [2.45, 2.75) is 12.6 Å². The van der Waals surface area contributed by atoms with Gasteiger partial charge in [0.25, 0.3) is 11.6 Å². The highest BCUT2D eigenvalue weighted by Gasteiger charge is 2.29. The zero-order valence-corrected chi connectivity index (χ0v) is 11.2. The monoisotopic (exact) mass is 278 g/mol. The fraction of sp³-hybridized carbons (Fsp3) is 0.417. The molecule has 0 spiro atoms. The molecule has 1 aliphatic rings. The fourth-order valence-electron chi connectivity index (χ4n) is 2.34. The molecule has 0 amide bonds. The maximum atomic E-state index is 12.2. The van der Waals surface area contributed by atoms with Gasteiger partial charge in [0.05, 0.1) is 12.8 Å². The van der Waals surface area contributed by atoms with Crippen molar-refractivity contribution in [1.82, 2.24) is 18.7 Å². The van der Waals surface area contributed by atoms with Crippen LogP contribution in [0.1, 0.15) is 0 Å². The van der Waals surface area contributed by atoms with Crippen molar-refractivity contribution in [2.24, 2.45) is 14.1 Å². The van der Waals surface area contributed by atoms with Gasteiger partial charge < -0.3 is 9.47 Å². The third-order valence-corrected chi connectivity index (χ3v) is 3.37. The normalized spacial score (nSPS) is 17.0. The largest absolute Gasteiger partial charge is 0.498 e. The van der Waals surface area contributed by atoms with Crippen LogP contribution in [0.25, 0.3) is 11.2 Å². The molecule has 0 aromatic carbocycles. The first-order chi connectivity index (χ1) is 9.54. The van der Waals surface area contributed by atoms with Crippen molar-refractivity contribution >= 4 is 11.2 Å². The summed E-state index contributed by atoms with van der Waals surface area (Å²) >= 11 is 0. The Morgan fingerprint density at radius 1 is 1.45 bits per heavy atom. The third-order valence-electron chi connectivity index (χ3n) is 3.37. The fourth-order valence-corrected chi connectivity index (χ4v) is 2.34. The highest BCUT2D eigenvalue weighted by molar-refractivity contribution is 5.72. The molecule has 0 N–H and O–H groups in total. The van der Waals surface area contributed by atoms with Crippen LogP contribution in [-0.2, 0) is 25.4 Å². The summed E-state index contributed by atoms with van der Waals surface area (Å²) in [7, 11) is 3.02. The summed E-state index contributed by atoms with van der Waals surface area (Å²) in [6.07, 6.45) is 1.12. The minimum absolute atomic E-state index is 0.221. The van der Waals surface area contributed by atoms with Gasteiger partial charge in [0.1, 0.15) is 6.61 Å². The highest BCUT2D eigenvalue weighted by Crippen LogP contribution is 2.25. The summed E-state index contributed by atoms with van der Waals surface area (Å²) in [4.78, 5) is 28.3. The van der Waals surface area contributed by atoms with Crippen molar-refractivity contribution in [1.29, 1.82) is 0 Å². The molecule has 0 saturated carbocycles. The number of aryl methyl sites for hydroxylation is 1. The molecule has 0 aliphatic carbocycles. The number of hydrogen-bond donors (Lipinski definition) is 0. The van der Waals surface area contributed by atoms with E-state index in [1.165, 1.54) is 17.9 Å². The van der Waals surface area contributed by atoms with E-state index in [0.29, 0.717) is 30.3 Å². The quantitative estimate of drug-likeness (QED) is 0.697. The van der Waals surface area contributed by atoms with E-state index in [1.54, 1.807) is 11.6 Å². The SMILES string of the molecule is C=COCC1Cn2c(nc3c2c(=O)n(C)c(=O)n3C)O1. The van der Waals surface area contributed by atoms with E-state index >= 15 is 0 Å². The Morgan fingerprint density at radius 2 is 2.20 bits per heavy atom. The average Bonchev–Trinajstić information content (AvgIpc) is 2.97. The summed E-state index contributed by atoms with van der Waals surface area (Å²) in [6.45, 7) is 4.25. The molecule has 8 heteroatoms. The van der Waals surface area contributed by atoms with E-state index < -0.39 is 5.69 Å². The van der Waals surface area contributed by atoms with E-state index in [1.807, 2.05) is 0 Å². The maximum absolute atomic E-state index is 12.2. The van der Waals surface area contributed by atoms with Crippen molar-refractivity contribution in [3.8, 4) is 6.01 Å². The van der Waals surface area contributed by atoms with Crippen LogP contribution in [0, 0.1) is 0 Å². The first kappa shape index (κ1) is 12.5. The van der Waals surface area contributed by atoms with E-state index in [-0.39, 0.29) is 11.7 Å². The standard InChI is InChI=1S/C12H14N4O4/c1-4-19-6-7-5-16-8-9(13-11(16)20-7)14(2)12(18)15(3)10(8)17/h4,7H,1,5-6H2,2-3H3. The van der Waals surface area contributed by atoms with E-state index in [2.05, 4.69) is 11.6 Å². The number of aromatic nitrogens is 4. The van der Waals surface area contributed by atoms with Gasteiger partial charge in [-0.2, -0.15) is 4.98 Å². The summed E-state index contributed by atoms with van der Waals surface area (Å²) < 4.78 is 14.8. The van der Waals surface area contributed by atoms with Gasteiger partial charge in [-0.3, -0.25) is 18.5 Å². The molecule has 3 heterocycles. The average molecular weight is 278 g/mol. The summed E-state index contributed by atoms with van der Waals surface area (Å²) in [6, 6.07) is 0.330. The predicted octanol–water partition coefficient (Wildman–Crippen LogP) is -0.645. The Balaban J connectivity index is 2.15. The molecule has 0 saturated heterocycles. The van der Waals surface area contributed by atoms with E-state index in [9.17, 15) is 9.59 Å². The molecule has 2 aromatic rings. The minimum atomic E-state index is -0.411. The van der Waals surface area contributed by atoms with Crippen LogP contribution >= 0.6 is 0 Å². The van der Waals surface area contributed by atoms with Crippen molar-refractivity contribution < 1.29 is 9.47 Å². The number of fused-ring (bicyclic) bond motifs is 3. The number of ether oxygens (including phenoxy) is 2. The van der Waals surface area contributed by atoms with Crippen LogP contribution in [0.2, 0.25) is 0 Å². The molecule has 0 fully saturated rings. The predicted molar refractivity (Wildman–Crippen MR) is 70.8 cm³/mol. The molecule has 3 rings (SSSR count). The molecule has 20 heavy (non-hydrogen) atoms. The smallest absolute Gasteiger partial charge is 0.332 e. The van der Waals surface area contributed by atoms with Gasteiger partial charge in [-0.1, -0.05) is 6.58 Å². The summed E-state index contributed by atoms with van der Waals surface area (Å²) in [5.41, 5.74) is -0.0940. The number of hydrogen-bond acceptors (Lipinski definition) is 5. The molecule has 1 aliphatic heterocycles. The summed E-state index contributed by atoms with van der Waals surface area (Å²) in [5, 5.41) is 0. The zero-order chi connectivity index (χ0) is 14.4. The van der Waals surface area contributed by atoms with Crippen LogP contribution in [-0.4, -0.2) is 31.4 Å². The van der Waals surface area contributed by atoms with Gasteiger partial charge >= 0.3 is 5.69 Å². The van der Waals surface area contributed by atoms with Crippen molar-refractivity contribution in [3.05, 3.63) is 33.7 Å². The molecule has 1 atom stereocenters. The summed E-state index contributed by atoms with van der Waals surface area (Å²) in [5.74, 6) is 0. The highest BCUT2D eigenvalue weighted by atomic mass is 16.5. The number of nitrogens with zero attached hydrogens (tertiary/aromatic N) is 4.